The highest BCUT2D eigenvalue weighted by atomic mass is 16.4. The van der Waals surface area contributed by atoms with Crippen LogP contribution in [0.15, 0.2) is 12.2 Å². The van der Waals surface area contributed by atoms with Gasteiger partial charge in [-0.1, -0.05) is 45.3 Å². The lowest BCUT2D eigenvalue weighted by Gasteiger charge is -2.39. The third-order valence-corrected chi connectivity index (χ3v) is 3.42. The molecule has 0 radical (unpaired) electrons. The smallest absolute Gasteiger partial charge is 0.129 e. The van der Waals surface area contributed by atoms with Gasteiger partial charge in [0.1, 0.15) is 18.7 Å². The summed E-state index contributed by atoms with van der Waals surface area (Å²) >= 11 is 0. The average Bonchev–Trinajstić information content (AvgIpc) is 2.30. The van der Waals surface area contributed by atoms with E-state index in [1.807, 2.05) is 27.1 Å². The molecule has 0 heterocycles. The number of carbonyl (C=O) groups is 1. The number of aliphatic hydroxyl groups excluding tert-OH is 1. The molecular weight excluding hydrogens is 242 g/mol. The Morgan fingerprint density at radius 1 is 1.32 bits per heavy atom. The third kappa shape index (κ3) is 7.33. The van der Waals surface area contributed by atoms with Gasteiger partial charge in [-0.2, -0.15) is 0 Å². The molecule has 1 N–H and O–H groups in total. The molecule has 2 atom stereocenters. The zero-order valence-corrected chi connectivity index (χ0v) is 12.8. The maximum Gasteiger partial charge on any atom is 0.129 e. The van der Waals surface area contributed by atoms with Crippen LogP contribution >= 0.6 is 0 Å². The van der Waals surface area contributed by atoms with E-state index in [0.717, 1.165) is 25.7 Å². The van der Waals surface area contributed by atoms with Crippen LogP contribution in [0.1, 0.15) is 46.0 Å². The number of rotatable bonds is 10. The largest absolute Gasteiger partial charge is 0.544 e. The Morgan fingerprint density at radius 3 is 2.42 bits per heavy atom. The lowest BCUT2D eigenvalue weighted by molar-refractivity contribution is -0.911. The second-order valence-corrected chi connectivity index (χ2v) is 5.72. The van der Waals surface area contributed by atoms with Gasteiger partial charge < -0.3 is 19.5 Å². The summed E-state index contributed by atoms with van der Waals surface area (Å²) in [4.78, 5) is 11.2. The number of aliphatic hydroxyl groups is 1. The van der Waals surface area contributed by atoms with Crippen LogP contribution in [0, 0.1) is 0 Å². The number of unbranched alkanes of at least 4 members (excludes halogenated alkanes) is 2. The number of carboxylic acids is 1. The molecule has 4 heteroatoms. The molecule has 2 unspecified atom stereocenters. The van der Waals surface area contributed by atoms with Crippen molar-refractivity contribution in [1.29, 1.82) is 0 Å². The maximum atomic E-state index is 11.2. The van der Waals surface area contributed by atoms with Crippen molar-refractivity contribution in [3.05, 3.63) is 12.2 Å². The number of likely N-dealkylation sites (N-methyl/N-ethyl adjacent to an activating group) is 1. The first-order valence-electron chi connectivity index (χ1n) is 7.23. The zero-order chi connectivity index (χ0) is 14.9. The van der Waals surface area contributed by atoms with Crippen molar-refractivity contribution in [1.82, 2.24) is 0 Å². The monoisotopic (exact) mass is 271 g/mol. The summed E-state index contributed by atoms with van der Waals surface area (Å²) in [5.41, 5.74) is 0. The predicted octanol–water partition coefficient (Wildman–Crippen LogP) is 1.09. The van der Waals surface area contributed by atoms with Crippen LogP contribution in [-0.2, 0) is 4.79 Å². The molecule has 112 valence electrons. The molecule has 0 aromatic heterocycles. The summed E-state index contributed by atoms with van der Waals surface area (Å²) in [5, 5.41) is 21.2. The van der Waals surface area contributed by atoms with Crippen molar-refractivity contribution in [2.45, 2.75) is 58.1 Å². The molecule has 0 saturated carbocycles. The fraction of sp³-hybridized carbons (Fsp3) is 0.800. The van der Waals surface area contributed by atoms with Crippen LogP contribution in [0.2, 0.25) is 0 Å². The van der Waals surface area contributed by atoms with E-state index in [1.54, 1.807) is 6.08 Å². The Bertz CT molecular complexity index is 287. The van der Waals surface area contributed by atoms with E-state index in [1.165, 1.54) is 0 Å². The van der Waals surface area contributed by atoms with Crippen LogP contribution < -0.4 is 5.11 Å². The summed E-state index contributed by atoms with van der Waals surface area (Å²) in [5.74, 6) is -1.03. The van der Waals surface area contributed by atoms with Crippen LogP contribution in [0.4, 0.5) is 0 Å². The molecule has 0 rings (SSSR count). The van der Waals surface area contributed by atoms with Gasteiger partial charge >= 0.3 is 0 Å². The molecule has 0 fully saturated rings. The molecule has 0 saturated heterocycles. The van der Waals surface area contributed by atoms with E-state index in [2.05, 4.69) is 6.92 Å². The standard InChI is InChI=1S/C15H29NO3/c1-5-7-8-9-11-13(17)12-16(3,4)14(10-6-2)15(18)19/h9,11,13-14,17H,5-8,10,12H2,1-4H3/b11-9+. The summed E-state index contributed by atoms with van der Waals surface area (Å²) in [6, 6.07) is -0.566. The first-order chi connectivity index (χ1) is 8.85. The van der Waals surface area contributed by atoms with Crippen LogP contribution in [0.3, 0.4) is 0 Å². The fourth-order valence-corrected chi connectivity index (χ4v) is 2.27. The van der Waals surface area contributed by atoms with Crippen LogP contribution in [-0.4, -0.2) is 48.3 Å². The van der Waals surface area contributed by atoms with Crippen molar-refractivity contribution in [2.75, 3.05) is 20.6 Å². The highest BCUT2D eigenvalue weighted by molar-refractivity contribution is 5.69. The molecule has 19 heavy (non-hydrogen) atoms. The highest BCUT2D eigenvalue weighted by Crippen LogP contribution is 2.14. The first kappa shape index (κ1) is 18.1. The SMILES string of the molecule is CCCC/C=C/C(O)C[N+](C)(C)C(CCC)C(=O)[O-]. The lowest BCUT2D eigenvalue weighted by atomic mass is 10.1. The molecule has 0 aliphatic rings. The Morgan fingerprint density at radius 2 is 1.95 bits per heavy atom. The van der Waals surface area contributed by atoms with Gasteiger partial charge in [-0.3, -0.25) is 0 Å². The minimum absolute atomic E-state index is 0.245. The number of nitrogens with zero attached hydrogens (tertiary/aromatic N) is 1. The summed E-state index contributed by atoms with van der Waals surface area (Å²) in [7, 11) is 3.67. The van der Waals surface area contributed by atoms with Gasteiger partial charge in [0.25, 0.3) is 0 Å². The number of carbonyl (C=O) groups excluding carboxylic acids is 1. The predicted molar refractivity (Wildman–Crippen MR) is 75.4 cm³/mol. The van der Waals surface area contributed by atoms with Gasteiger partial charge in [0.15, 0.2) is 0 Å². The van der Waals surface area contributed by atoms with E-state index in [-0.39, 0.29) is 4.48 Å². The molecule has 0 aromatic rings. The van der Waals surface area contributed by atoms with Crippen molar-refractivity contribution in [3.63, 3.8) is 0 Å². The number of quaternary nitrogens is 1. The van der Waals surface area contributed by atoms with Crippen molar-refractivity contribution < 1.29 is 19.5 Å². The second-order valence-electron chi connectivity index (χ2n) is 5.72. The van der Waals surface area contributed by atoms with E-state index in [9.17, 15) is 15.0 Å². The normalized spacial score (nSPS) is 15.6. The minimum Gasteiger partial charge on any atom is -0.544 e. The first-order valence-corrected chi connectivity index (χ1v) is 7.23. The number of hydrogen-bond acceptors (Lipinski definition) is 3. The Labute approximate surface area is 117 Å². The van der Waals surface area contributed by atoms with Crippen molar-refractivity contribution >= 4 is 5.97 Å². The number of aliphatic carboxylic acids is 1. The molecule has 0 bridgehead atoms. The fourth-order valence-electron chi connectivity index (χ4n) is 2.27. The van der Waals surface area contributed by atoms with E-state index in [4.69, 9.17) is 0 Å². The minimum atomic E-state index is -1.03. The molecule has 0 amide bonds. The molecule has 0 aliphatic carbocycles. The maximum absolute atomic E-state index is 11.2. The molecule has 0 aromatic carbocycles. The van der Waals surface area contributed by atoms with Crippen LogP contribution in [0.5, 0.6) is 0 Å². The van der Waals surface area contributed by atoms with Crippen molar-refractivity contribution in [3.8, 4) is 0 Å². The molecular formula is C15H29NO3. The van der Waals surface area contributed by atoms with Gasteiger partial charge in [0.05, 0.1) is 20.1 Å². The zero-order valence-electron chi connectivity index (χ0n) is 12.8. The van der Waals surface area contributed by atoms with E-state index < -0.39 is 18.1 Å². The quantitative estimate of drug-likeness (QED) is 0.367. The Hall–Kier alpha value is -0.870. The van der Waals surface area contributed by atoms with Gasteiger partial charge in [0.2, 0.25) is 0 Å². The van der Waals surface area contributed by atoms with Gasteiger partial charge in [-0.25, -0.2) is 0 Å². The summed E-state index contributed by atoms with van der Waals surface area (Å²) < 4.78 is 0.245. The van der Waals surface area contributed by atoms with Crippen LogP contribution in [0.25, 0.3) is 0 Å². The lowest BCUT2D eigenvalue weighted by Crippen LogP contribution is -2.59. The van der Waals surface area contributed by atoms with E-state index >= 15 is 0 Å². The number of allylic oxidation sites excluding steroid dienone is 1. The average molecular weight is 271 g/mol. The highest BCUT2D eigenvalue weighted by Gasteiger charge is 2.30. The van der Waals surface area contributed by atoms with Gasteiger partial charge in [-0.05, 0) is 6.42 Å². The number of carboxylic acid groups (broad SMARTS) is 1. The topological polar surface area (TPSA) is 60.4 Å². The molecule has 0 spiro atoms. The van der Waals surface area contributed by atoms with Gasteiger partial charge in [0, 0.05) is 6.42 Å². The molecule has 4 nitrogen and oxygen atoms in total. The summed E-state index contributed by atoms with van der Waals surface area (Å²) in [6.07, 6.45) is 7.70. The number of hydrogen-bond donors (Lipinski definition) is 1. The van der Waals surface area contributed by atoms with Gasteiger partial charge in [-0.15, -0.1) is 0 Å². The van der Waals surface area contributed by atoms with E-state index in [0.29, 0.717) is 13.0 Å². The summed E-state index contributed by atoms with van der Waals surface area (Å²) in [6.45, 7) is 4.47. The van der Waals surface area contributed by atoms with Crippen molar-refractivity contribution in [2.24, 2.45) is 0 Å². The second kappa shape index (κ2) is 9.10. The Balaban J connectivity index is 4.46. The third-order valence-electron chi connectivity index (χ3n) is 3.42. The molecule has 0 aliphatic heterocycles. The Kier molecular flexibility index (Phi) is 8.68.